The van der Waals surface area contributed by atoms with Crippen molar-refractivity contribution >= 4 is 23.2 Å². The van der Waals surface area contributed by atoms with Gasteiger partial charge in [0.15, 0.2) is 0 Å². The Kier molecular flexibility index (Phi) is 3.62. The molecule has 5 nitrogen and oxygen atoms in total. The average Bonchev–Trinajstić information content (AvgIpc) is 2.36. The molecule has 0 bridgehead atoms. The molecule has 5 heteroatoms. The van der Waals surface area contributed by atoms with Crippen LogP contribution >= 0.6 is 0 Å². The average molecular weight is 247 g/mol. The zero-order valence-corrected chi connectivity index (χ0v) is 10.4. The molecule has 18 heavy (non-hydrogen) atoms. The second-order valence-corrected chi connectivity index (χ2v) is 4.36. The quantitative estimate of drug-likeness (QED) is 0.770. The molecule has 1 aromatic rings. The number of benzene rings is 1. The molecule has 1 aliphatic heterocycles. The maximum absolute atomic E-state index is 12.0. The molecule has 0 radical (unpaired) electrons. The number of anilines is 2. The minimum atomic E-state index is -0.167. The molecule has 2 rings (SSSR count). The number of aryl methyl sites for hydroxylation is 1. The Balaban J connectivity index is 2.30. The molecule has 0 saturated carbocycles. The Morgan fingerprint density at radius 1 is 1.44 bits per heavy atom. The number of amides is 2. The van der Waals surface area contributed by atoms with Crippen LogP contribution in [0.2, 0.25) is 0 Å². The summed E-state index contributed by atoms with van der Waals surface area (Å²) in [4.78, 5) is 25.2. The number of fused-ring (bicyclic) bond motifs is 1. The van der Waals surface area contributed by atoms with Crippen molar-refractivity contribution in [2.45, 2.75) is 19.3 Å². The van der Waals surface area contributed by atoms with Crippen LogP contribution in [0.5, 0.6) is 0 Å². The summed E-state index contributed by atoms with van der Waals surface area (Å²) in [6, 6.07) is 5.30. The molecule has 3 N–H and O–H groups in total. The third kappa shape index (κ3) is 2.36. The summed E-state index contributed by atoms with van der Waals surface area (Å²) in [6.07, 6.45) is 1.32. The maximum atomic E-state index is 12.0. The summed E-state index contributed by atoms with van der Waals surface area (Å²) in [5.41, 5.74) is 8.03. The number of hydrogen-bond acceptors (Lipinski definition) is 4. The van der Waals surface area contributed by atoms with Crippen molar-refractivity contribution in [3.63, 3.8) is 0 Å². The first-order chi connectivity index (χ1) is 8.63. The van der Waals surface area contributed by atoms with E-state index in [1.165, 1.54) is 4.90 Å². The van der Waals surface area contributed by atoms with Gasteiger partial charge >= 0.3 is 0 Å². The van der Waals surface area contributed by atoms with Gasteiger partial charge in [-0.15, -0.1) is 0 Å². The van der Waals surface area contributed by atoms with Crippen LogP contribution in [0.15, 0.2) is 18.2 Å². The number of nitrogens with two attached hydrogens (primary N) is 1. The lowest BCUT2D eigenvalue weighted by Crippen LogP contribution is -2.41. The molecule has 0 saturated heterocycles. The van der Waals surface area contributed by atoms with Gasteiger partial charge in [0.05, 0.1) is 5.69 Å². The van der Waals surface area contributed by atoms with Gasteiger partial charge < -0.3 is 11.1 Å². The van der Waals surface area contributed by atoms with Crippen LogP contribution in [-0.4, -0.2) is 25.4 Å². The normalized spacial score (nSPS) is 14.5. The highest BCUT2D eigenvalue weighted by molar-refractivity contribution is 6.16. The van der Waals surface area contributed by atoms with E-state index in [1.807, 2.05) is 6.07 Å². The highest BCUT2D eigenvalue weighted by Crippen LogP contribution is 2.29. The number of carbonyl (C=O) groups excluding carboxylic acids is 2. The van der Waals surface area contributed by atoms with E-state index < -0.39 is 0 Å². The molecule has 0 aromatic heterocycles. The Morgan fingerprint density at radius 2 is 2.22 bits per heavy atom. The number of imide groups is 1. The van der Waals surface area contributed by atoms with E-state index >= 15 is 0 Å². The Hall–Kier alpha value is -1.88. The van der Waals surface area contributed by atoms with Crippen LogP contribution in [0.4, 0.5) is 11.4 Å². The number of nitrogens with zero attached hydrogens (tertiary/aromatic N) is 1. The van der Waals surface area contributed by atoms with Gasteiger partial charge in [0.1, 0.15) is 0 Å². The van der Waals surface area contributed by atoms with Gasteiger partial charge in [-0.25, -0.2) is 0 Å². The van der Waals surface area contributed by atoms with Gasteiger partial charge in [-0.3, -0.25) is 14.5 Å². The summed E-state index contributed by atoms with van der Waals surface area (Å²) in [5.74, 6) is -0.298. The van der Waals surface area contributed by atoms with Gasteiger partial charge in [0, 0.05) is 25.1 Å². The van der Waals surface area contributed by atoms with Crippen LogP contribution in [0.25, 0.3) is 0 Å². The minimum absolute atomic E-state index is 0.131. The van der Waals surface area contributed by atoms with Gasteiger partial charge in [0.25, 0.3) is 0 Å². The first-order valence-electron chi connectivity index (χ1n) is 6.02. The summed E-state index contributed by atoms with van der Waals surface area (Å²) in [5, 5.41) is 2.91. The van der Waals surface area contributed by atoms with Crippen molar-refractivity contribution in [3.05, 3.63) is 23.8 Å². The van der Waals surface area contributed by atoms with Crippen molar-refractivity contribution in [1.82, 2.24) is 5.32 Å². The fraction of sp³-hybridized carbons (Fsp3) is 0.385. The number of nitrogens with one attached hydrogen (secondary N) is 1. The molecule has 2 amide bonds. The minimum Gasteiger partial charge on any atom is -0.399 e. The molecule has 0 fully saturated rings. The van der Waals surface area contributed by atoms with Crippen molar-refractivity contribution in [3.8, 4) is 0 Å². The van der Waals surface area contributed by atoms with E-state index in [2.05, 4.69) is 5.32 Å². The molecule has 1 heterocycles. The smallest absolute Gasteiger partial charge is 0.235 e. The second-order valence-electron chi connectivity index (χ2n) is 4.36. The summed E-state index contributed by atoms with van der Waals surface area (Å²) < 4.78 is 0. The summed E-state index contributed by atoms with van der Waals surface area (Å²) in [7, 11) is 1.78. The van der Waals surface area contributed by atoms with Crippen LogP contribution in [0, 0.1) is 0 Å². The summed E-state index contributed by atoms with van der Waals surface area (Å²) >= 11 is 0. The molecule has 0 spiro atoms. The number of carbonyl (C=O) groups is 2. The standard InChI is InChI=1S/C13H17N3O2/c1-15-7-6-13(18)16-11-4-3-10(14)8-9(11)2-5-12(16)17/h3-4,8,15H,2,5-7,14H2,1H3. The molecule has 1 aromatic carbocycles. The van der Waals surface area contributed by atoms with E-state index in [0.717, 1.165) is 5.56 Å². The van der Waals surface area contributed by atoms with Crippen LogP contribution < -0.4 is 16.0 Å². The van der Waals surface area contributed by atoms with Crippen molar-refractivity contribution in [1.29, 1.82) is 0 Å². The van der Waals surface area contributed by atoms with Gasteiger partial charge in [-0.2, -0.15) is 0 Å². The van der Waals surface area contributed by atoms with E-state index in [0.29, 0.717) is 37.2 Å². The molecule has 1 aliphatic rings. The number of nitrogen functional groups attached to an aromatic ring is 1. The van der Waals surface area contributed by atoms with Crippen molar-refractivity contribution in [2.24, 2.45) is 0 Å². The SMILES string of the molecule is CNCCC(=O)N1C(=O)CCc2cc(N)ccc21. The fourth-order valence-corrected chi connectivity index (χ4v) is 2.13. The third-order valence-electron chi connectivity index (χ3n) is 3.04. The monoisotopic (exact) mass is 247 g/mol. The Labute approximate surface area is 106 Å². The lowest BCUT2D eigenvalue weighted by atomic mass is 10.00. The third-order valence-corrected chi connectivity index (χ3v) is 3.04. The fourth-order valence-electron chi connectivity index (χ4n) is 2.13. The lowest BCUT2D eigenvalue weighted by Gasteiger charge is -2.28. The van der Waals surface area contributed by atoms with Crippen LogP contribution in [-0.2, 0) is 16.0 Å². The molecular weight excluding hydrogens is 230 g/mol. The first kappa shape index (κ1) is 12.6. The molecular formula is C13H17N3O2. The number of rotatable bonds is 3. The first-order valence-corrected chi connectivity index (χ1v) is 6.02. The zero-order chi connectivity index (χ0) is 13.1. The summed E-state index contributed by atoms with van der Waals surface area (Å²) in [6.45, 7) is 0.562. The highest BCUT2D eigenvalue weighted by atomic mass is 16.2. The zero-order valence-electron chi connectivity index (χ0n) is 10.4. The Bertz CT molecular complexity index is 485. The molecule has 0 unspecified atom stereocenters. The Morgan fingerprint density at radius 3 is 2.94 bits per heavy atom. The predicted molar refractivity (Wildman–Crippen MR) is 70.2 cm³/mol. The second kappa shape index (κ2) is 5.18. The largest absolute Gasteiger partial charge is 0.399 e. The lowest BCUT2D eigenvalue weighted by molar-refractivity contribution is -0.126. The predicted octanol–water partition coefficient (Wildman–Crippen LogP) is 0.684. The molecule has 96 valence electrons. The van der Waals surface area contributed by atoms with E-state index in [-0.39, 0.29) is 11.8 Å². The van der Waals surface area contributed by atoms with Gasteiger partial charge in [0.2, 0.25) is 11.8 Å². The molecule has 0 atom stereocenters. The van der Waals surface area contributed by atoms with Crippen LogP contribution in [0.1, 0.15) is 18.4 Å². The van der Waals surface area contributed by atoms with Crippen LogP contribution in [0.3, 0.4) is 0 Å². The van der Waals surface area contributed by atoms with E-state index in [1.54, 1.807) is 19.2 Å². The van der Waals surface area contributed by atoms with Gasteiger partial charge in [-0.1, -0.05) is 0 Å². The molecule has 0 aliphatic carbocycles. The maximum Gasteiger partial charge on any atom is 0.235 e. The van der Waals surface area contributed by atoms with E-state index in [4.69, 9.17) is 5.73 Å². The van der Waals surface area contributed by atoms with Gasteiger partial charge in [-0.05, 0) is 37.2 Å². The number of hydrogen-bond donors (Lipinski definition) is 2. The highest BCUT2D eigenvalue weighted by Gasteiger charge is 2.28. The van der Waals surface area contributed by atoms with Crippen molar-refractivity contribution < 1.29 is 9.59 Å². The topological polar surface area (TPSA) is 75.4 Å². The van der Waals surface area contributed by atoms with Crippen molar-refractivity contribution in [2.75, 3.05) is 24.2 Å². The van der Waals surface area contributed by atoms with E-state index in [9.17, 15) is 9.59 Å².